The molecule has 0 aliphatic carbocycles. The highest BCUT2D eigenvalue weighted by Crippen LogP contribution is 2.37. The number of halogens is 1. The molecule has 0 aliphatic heterocycles. The van der Waals surface area contributed by atoms with Crippen molar-refractivity contribution in [1.82, 2.24) is 5.32 Å². The maximum Gasteiger partial charge on any atom is 0.251 e. The van der Waals surface area contributed by atoms with Crippen LogP contribution in [0.4, 0.5) is 0 Å². The molecule has 2 aromatic carbocycles. The second-order valence-corrected chi connectivity index (χ2v) is 5.87. The van der Waals surface area contributed by atoms with Gasteiger partial charge in [-0.25, -0.2) is 0 Å². The first kappa shape index (κ1) is 17.3. The van der Waals surface area contributed by atoms with Crippen LogP contribution in [-0.2, 0) is 6.61 Å². The SMILES string of the molecule is CCCNC(=O)c1cc(Br)c(OCc2ccccc2)c(OC)c1. The number of carbonyl (C=O) groups excluding carboxylic acids is 1. The lowest BCUT2D eigenvalue weighted by Gasteiger charge is -2.14. The second kappa shape index (κ2) is 8.58. The fourth-order valence-corrected chi connectivity index (χ4v) is 2.62. The second-order valence-electron chi connectivity index (χ2n) is 5.02. The van der Waals surface area contributed by atoms with Gasteiger partial charge in [0.05, 0.1) is 11.6 Å². The van der Waals surface area contributed by atoms with E-state index in [4.69, 9.17) is 9.47 Å². The van der Waals surface area contributed by atoms with E-state index in [2.05, 4.69) is 21.2 Å². The molecule has 0 fully saturated rings. The van der Waals surface area contributed by atoms with Crippen molar-refractivity contribution in [2.75, 3.05) is 13.7 Å². The third-order valence-electron chi connectivity index (χ3n) is 3.25. The fraction of sp³-hybridized carbons (Fsp3) is 0.278. The lowest BCUT2D eigenvalue weighted by atomic mass is 10.2. The number of carbonyl (C=O) groups is 1. The average molecular weight is 378 g/mol. The summed E-state index contributed by atoms with van der Waals surface area (Å²) in [4.78, 5) is 12.1. The molecule has 0 aliphatic rings. The Morgan fingerprint density at radius 1 is 1.22 bits per heavy atom. The molecule has 0 radical (unpaired) electrons. The van der Waals surface area contributed by atoms with Gasteiger partial charge in [-0.15, -0.1) is 0 Å². The van der Waals surface area contributed by atoms with Gasteiger partial charge in [0.1, 0.15) is 6.61 Å². The molecule has 0 saturated heterocycles. The van der Waals surface area contributed by atoms with Gasteiger partial charge in [-0.3, -0.25) is 4.79 Å². The Balaban J connectivity index is 2.18. The van der Waals surface area contributed by atoms with Gasteiger partial charge >= 0.3 is 0 Å². The molecule has 1 N–H and O–H groups in total. The van der Waals surface area contributed by atoms with Crippen molar-refractivity contribution >= 4 is 21.8 Å². The molecule has 0 spiro atoms. The molecule has 2 rings (SSSR count). The topological polar surface area (TPSA) is 47.6 Å². The Hall–Kier alpha value is -2.01. The number of methoxy groups -OCH3 is 1. The van der Waals surface area contributed by atoms with Crippen molar-refractivity contribution in [1.29, 1.82) is 0 Å². The Kier molecular flexibility index (Phi) is 6.47. The summed E-state index contributed by atoms with van der Waals surface area (Å²) in [5.41, 5.74) is 1.60. The zero-order valence-corrected chi connectivity index (χ0v) is 14.9. The summed E-state index contributed by atoms with van der Waals surface area (Å²) in [6.45, 7) is 3.08. The summed E-state index contributed by atoms with van der Waals surface area (Å²) in [5, 5.41) is 2.85. The standard InChI is InChI=1S/C18H20BrNO3/c1-3-9-20-18(21)14-10-15(19)17(16(11-14)22-2)23-12-13-7-5-4-6-8-13/h4-8,10-11H,3,9,12H2,1-2H3,(H,20,21). The van der Waals surface area contributed by atoms with Gasteiger partial charge < -0.3 is 14.8 Å². The van der Waals surface area contributed by atoms with Crippen LogP contribution in [0.2, 0.25) is 0 Å². The quantitative estimate of drug-likeness (QED) is 0.787. The van der Waals surface area contributed by atoms with Gasteiger partial charge in [0.25, 0.3) is 5.91 Å². The summed E-state index contributed by atoms with van der Waals surface area (Å²) in [6.07, 6.45) is 0.891. The van der Waals surface area contributed by atoms with Gasteiger partial charge in [-0.1, -0.05) is 37.3 Å². The highest BCUT2D eigenvalue weighted by molar-refractivity contribution is 9.10. The van der Waals surface area contributed by atoms with Crippen LogP contribution in [0.15, 0.2) is 46.9 Å². The van der Waals surface area contributed by atoms with Gasteiger partial charge in [-0.2, -0.15) is 0 Å². The number of nitrogens with one attached hydrogen (secondary N) is 1. The monoisotopic (exact) mass is 377 g/mol. The van der Waals surface area contributed by atoms with Crippen molar-refractivity contribution in [3.05, 3.63) is 58.1 Å². The molecule has 122 valence electrons. The van der Waals surface area contributed by atoms with E-state index in [1.807, 2.05) is 37.3 Å². The summed E-state index contributed by atoms with van der Waals surface area (Å²) in [7, 11) is 1.56. The Morgan fingerprint density at radius 3 is 2.61 bits per heavy atom. The Morgan fingerprint density at radius 2 is 1.96 bits per heavy atom. The van der Waals surface area contributed by atoms with Gasteiger partial charge in [0.2, 0.25) is 0 Å². The third-order valence-corrected chi connectivity index (χ3v) is 3.84. The van der Waals surface area contributed by atoms with E-state index in [1.165, 1.54) is 0 Å². The van der Waals surface area contributed by atoms with Crippen LogP contribution in [0.25, 0.3) is 0 Å². The fourth-order valence-electron chi connectivity index (χ4n) is 2.06. The van der Waals surface area contributed by atoms with E-state index in [1.54, 1.807) is 19.2 Å². The van der Waals surface area contributed by atoms with Crippen LogP contribution >= 0.6 is 15.9 Å². The van der Waals surface area contributed by atoms with E-state index >= 15 is 0 Å². The highest BCUT2D eigenvalue weighted by Gasteiger charge is 2.15. The van der Waals surface area contributed by atoms with E-state index in [0.29, 0.717) is 34.7 Å². The van der Waals surface area contributed by atoms with Crippen molar-refractivity contribution in [2.45, 2.75) is 20.0 Å². The van der Waals surface area contributed by atoms with Crippen LogP contribution in [0, 0.1) is 0 Å². The number of rotatable bonds is 7. The smallest absolute Gasteiger partial charge is 0.251 e. The van der Waals surface area contributed by atoms with E-state index in [0.717, 1.165) is 12.0 Å². The summed E-state index contributed by atoms with van der Waals surface area (Å²) in [6, 6.07) is 13.3. The normalized spacial score (nSPS) is 10.2. The Bertz CT molecular complexity index is 659. The van der Waals surface area contributed by atoms with Crippen LogP contribution in [0.1, 0.15) is 29.3 Å². The largest absolute Gasteiger partial charge is 0.493 e. The van der Waals surface area contributed by atoms with E-state index in [9.17, 15) is 4.79 Å². The average Bonchev–Trinajstić information content (AvgIpc) is 2.58. The molecule has 4 nitrogen and oxygen atoms in total. The van der Waals surface area contributed by atoms with Gasteiger partial charge in [0.15, 0.2) is 11.5 Å². The summed E-state index contributed by atoms with van der Waals surface area (Å²) < 4.78 is 11.9. The van der Waals surface area contributed by atoms with Gasteiger partial charge in [0, 0.05) is 12.1 Å². The van der Waals surface area contributed by atoms with Crippen molar-refractivity contribution in [2.24, 2.45) is 0 Å². The van der Waals surface area contributed by atoms with E-state index < -0.39 is 0 Å². The molecule has 0 heterocycles. The first-order chi connectivity index (χ1) is 11.2. The molecule has 0 aromatic heterocycles. The number of ether oxygens (including phenoxy) is 2. The number of hydrogen-bond donors (Lipinski definition) is 1. The number of hydrogen-bond acceptors (Lipinski definition) is 3. The molecule has 0 bridgehead atoms. The van der Waals surface area contributed by atoms with Crippen molar-refractivity contribution < 1.29 is 14.3 Å². The highest BCUT2D eigenvalue weighted by atomic mass is 79.9. The first-order valence-corrected chi connectivity index (χ1v) is 8.27. The van der Waals surface area contributed by atoms with Crippen LogP contribution in [-0.4, -0.2) is 19.6 Å². The molecule has 0 atom stereocenters. The molecule has 1 amide bonds. The van der Waals surface area contributed by atoms with Crippen molar-refractivity contribution in [3.63, 3.8) is 0 Å². The molecule has 23 heavy (non-hydrogen) atoms. The lowest BCUT2D eigenvalue weighted by Crippen LogP contribution is -2.24. The van der Waals surface area contributed by atoms with Crippen LogP contribution in [0.5, 0.6) is 11.5 Å². The Labute approximate surface area is 144 Å². The number of amides is 1. The number of benzene rings is 2. The third kappa shape index (κ3) is 4.73. The molecule has 0 unspecified atom stereocenters. The zero-order chi connectivity index (χ0) is 16.7. The maximum absolute atomic E-state index is 12.1. The minimum atomic E-state index is -0.125. The minimum Gasteiger partial charge on any atom is -0.493 e. The molecular weight excluding hydrogens is 358 g/mol. The first-order valence-electron chi connectivity index (χ1n) is 7.48. The maximum atomic E-state index is 12.1. The van der Waals surface area contributed by atoms with Crippen LogP contribution < -0.4 is 14.8 Å². The van der Waals surface area contributed by atoms with Gasteiger partial charge in [-0.05, 0) is 40.0 Å². The molecular formula is C18H20BrNO3. The minimum absolute atomic E-state index is 0.125. The predicted octanol–water partition coefficient (Wildman–Crippen LogP) is 4.18. The lowest BCUT2D eigenvalue weighted by molar-refractivity contribution is 0.0953. The zero-order valence-electron chi connectivity index (χ0n) is 13.3. The molecule has 5 heteroatoms. The summed E-state index contributed by atoms with van der Waals surface area (Å²) in [5.74, 6) is 0.987. The van der Waals surface area contributed by atoms with Crippen molar-refractivity contribution in [3.8, 4) is 11.5 Å². The molecule has 0 saturated carbocycles. The summed E-state index contributed by atoms with van der Waals surface area (Å²) >= 11 is 3.46. The molecule has 2 aromatic rings. The predicted molar refractivity (Wildman–Crippen MR) is 94.1 cm³/mol. The van der Waals surface area contributed by atoms with E-state index in [-0.39, 0.29) is 5.91 Å². The van der Waals surface area contributed by atoms with Crippen LogP contribution in [0.3, 0.4) is 0 Å².